The minimum atomic E-state index is -0.281. The van der Waals surface area contributed by atoms with E-state index in [0.717, 1.165) is 17.8 Å². The normalized spacial score (nSPS) is 24.3. The second-order valence-corrected chi connectivity index (χ2v) is 4.69. The number of carbonyl (C=O) groups excluding carboxylic acids is 1. The number of methoxy groups -OCH3 is 1. The molecule has 0 radical (unpaired) electrons. The summed E-state index contributed by atoms with van der Waals surface area (Å²) in [5.41, 5.74) is 7.56. The Hall–Kier alpha value is -1.46. The van der Waals surface area contributed by atoms with Crippen molar-refractivity contribution in [3.63, 3.8) is 0 Å². The first kappa shape index (κ1) is 13.0. The van der Waals surface area contributed by atoms with Gasteiger partial charge in [-0.05, 0) is 25.0 Å². The van der Waals surface area contributed by atoms with Gasteiger partial charge in [0.25, 0.3) is 0 Å². The molecule has 1 aromatic rings. The fraction of sp³-hybridized carbons (Fsp3) is 0.538. The van der Waals surface area contributed by atoms with E-state index in [0.29, 0.717) is 13.0 Å². The zero-order valence-electron chi connectivity index (χ0n) is 10.8. The monoisotopic (exact) mass is 249 g/mol. The Morgan fingerprint density at radius 1 is 1.67 bits per heavy atom. The number of aromatic nitrogens is 1. The maximum absolute atomic E-state index is 11.5. The first-order valence-corrected chi connectivity index (χ1v) is 6.08. The number of likely N-dealkylation sites (tertiary alicyclic amines) is 1. The summed E-state index contributed by atoms with van der Waals surface area (Å²) >= 11 is 0. The van der Waals surface area contributed by atoms with Crippen LogP contribution in [0.5, 0.6) is 0 Å². The smallest absolute Gasteiger partial charge is 0.234 e. The van der Waals surface area contributed by atoms with E-state index in [4.69, 9.17) is 10.5 Å². The van der Waals surface area contributed by atoms with Gasteiger partial charge in [-0.2, -0.15) is 0 Å². The number of rotatable bonds is 4. The molecule has 1 amide bonds. The molecule has 0 aliphatic carbocycles. The Balaban J connectivity index is 2.12. The first-order valence-electron chi connectivity index (χ1n) is 6.08. The van der Waals surface area contributed by atoms with E-state index in [-0.39, 0.29) is 18.1 Å². The maximum Gasteiger partial charge on any atom is 0.234 e. The largest absolute Gasteiger partial charge is 0.380 e. The summed E-state index contributed by atoms with van der Waals surface area (Å²) in [6.07, 6.45) is 2.52. The van der Waals surface area contributed by atoms with Crippen molar-refractivity contribution in [2.24, 2.45) is 5.73 Å². The molecular formula is C13H19N3O2. The average molecular weight is 249 g/mol. The van der Waals surface area contributed by atoms with Crippen LogP contribution in [0.15, 0.2) is 18.3 Å². The van der Waals surface area contributed by atoms with E-state index in [1.165, 1.54) is 0 Å². The predicted molar refractivity (Wildman–Crippen MR) is 67.8 cm³/mol. The van der Waals surface area contributed by atoms with Crippen molar-refractivity contribution >= 4 is 5.91 Å². The molecule has 0 aromatic carbocycles. The summed E-state index contributed by atoms with van der Waals surface area (Å²) < 4.78 is 5.32. The lowest BCUT2D eigenvalue weighted by molar-refractivity contribution is -0.122. The molecule has 0 unspecified atom stereocenters. The highest BCUT2D eigenvalue weighted by Gasteiger charge is 2.35. The van der Waals surface area contributed by atoms with Crippen molar-refractivity contribution in [2.75, 3.05) is 13.7 Å². The van der Waals surface area contributed by atoms with Crippen LogP contribution < -0.4 is 5.73 Å². The third-order valence-corrected chi connectivity index (χ3v) is 3.52. The van der Waals surface area contributed by atoms with Gasteiger partial charge in [-0.15, -0.1) is 0 Å². The molecule has 2 atom stereocenters. The summed E-state index contributed by atoms with van der Waals surface area (Å²) in [5, 5.41) is 0. The number of pyridine rings is 1. The molecular weight excluding hydrogens is 230 g/mol. The minimum absolute atomic E-state index is 0.0828. The maximum atomic E-state index is 11.5. The van der Waals surface area contributed by atoms with Gasteiger partial charge in [-0.25, -0.2) is 0 Å². The molecule has 18 heavy (non-hydrogen) atoms. The van der Waals surface area contributed by atoms with Crippen LogP contribution in [0.25, 0.3) is 0 Å². The van der Waals surface area contributed by atoms with Crippen molar-refractivity contribution < 1.29 is 9.53 Å². The Morgan fingerprint density at radius 3 is 3.06 bits per heavy atom. The van der Waals surface area contributed by atoms with E-state index in [9.17, 15) is 4.79 Å². The lowest BCUT2D eigenvalue weighted by atomic mass is 10.1. The van der Waals surface area contributed by atoms with Crippen molar-refractivity contribution in [2.45, 2.75) is 32.0 Å². The van der Waals surface area contributed by atoms with E-state index in [2.05, 4.69) is 9.88 Å². The zero-order chi connectivity index (χ0) is 13.1. The summed E-state index contributed by atoms with van der Waals surface area (Å²) in [5.74, 6) is -0.281. The third-order valence-electron chi connectivity index (χ3n) is 3.52. The number of aryl methyl sites for hydroxylation is 1. The number of nitrogens with two attached hydrogens (primary N) is 1. The van der Waals surface area contributed by atoms with Gasteiger partial charge in [0, 0.05) is 32.1 Å². The molecule has 98 valence electrons. The van der Waals surface area contributed by atoms with Crippen LogP contribution in [0, 0.1) is 6.92 Å². The molecule has 1 fully saturated rings. The van der Waals surface area contributed by atoms with Gasteiger partial charge in [-0.1, -0.05) is 6.07 Å². The van der Waals surface area contributed by atoms with Gasteiger partial charge < -0.3 is 10.5 Å². The number of ether oxygens (including phenoxy) is 1. The van der Waals surface area contributed by atoms with Gasteiger partial charge in [0.2, 0.25) is 5.91 Å². The van der Waals surface area contributed by atoms with Crippen LogP contribution in [0.1, 0.15) is 17.7 Å². The van der Waals surface area contributed by atoms with Crippen molar-refractivity contribution in [3.8, 4) is 0 Å². The number of amides is 1. The van der Waals surface area contributed by atoms with Crippen molar-refractivity contribution in [1.29, 1.82) is 0 Å². The molecule has 1 aliphatic heterocycles. The van der Waals surface area contributed by atoms with Crippen LogP contribution >= 0.6 is 0 Å². The molecule has 1 aromatic heterocycles. The minimum Gasteiger partial charge on any atom is -0.380 e. The molecule has 0 spiro atoms. The lowest BCUT2D eigenvalue weighted by Crippen LogP contribution is -2.39. The quantitative estimate of drug-likeness (QED) is 0.842. The van der Waals surface area contributed by atoms with Crippen LogP contribution in [0.3, 0.4) is 0 Å². The predicted octanol–water partition coefficient (Wildman–Crippen LogP) is 0.465. The van der Waals surface area contributed by atoms with Crippen LogP contribution in [-0.2, 0) is 16.1 Å². The number of hydrogen-bond acceptors (Lipinski definition) is 4. The highest BCUT2D eigenvalue weighted by Crippen LogP contribution is 2.22. The Labute approximate surface area is 107 Å². The lowest BCUT2D eigenvalue weighted by Gasteiger charge is -2.22. The van der Waals surface area contributed by atoms with Gasteiger partial charge in [0.05, 0.1) is 12.1 Å². The van der Waals surface area contributed by atoms with Gasteiger partial charge >= 0.3 is 0 Å². The molecule has 1 aliphatic rings. The molecule has 2 rings (SSSR count). The summed E-state index contributed by atoms with van der Waals surface area (Å²) in [6, 6.07) is 3.70. The molecule has 2 N–H and O–H groups in total. The second-order valence-electron chi connectivity index (χ2n) is 4.69. The van der Waals surface area contributed by atoms with Crippen molar-refractivity contribution in [3.05, 3.63) is 29.6 Å². The molecule has 5 heteroatoms. The van der Waals surface area contributed by atoms with E-state index >= 15 is 0 Å². The zero-order valence-corrected chi connectivity index (χ0v) is 10.8. The Morgan fingerprint density at radius 2 is 2.44 bits per heavy atom. The Kier molecular flexibility index (Phi) is 3.93. The summed E-state index contributed by atoms with van der Waals surface area (Å²) in [7, 11) is 1.67. The first-order chi connectivity index (χ1) is 8.61. The van der Waals surface area contributed by atoms with E-state index < -0.39 is 0 Å². The average Bonchev–Trinajstić information content (AvgIpc) is 2.75. The fourth-order valence-electron chi connectivity index (χ4n) is 2.41. The van der Waals surface area contributed by atoms with Gasteiger partial charge in [0.1, 0.15) is 0 Å². The van der Waals surface area contributed by atoms with Crippen LogP contribution in [0.4, 0.5) is 0 Å². The number of hydrogen-bond donors (Lipinski definition) is 1. The Bertz CT molecular complexity index is 436. The van der Waals surface area contributed by atoms with Gasteiger partial charge in [0.15, 0.2) is 0 Å². The second kappa shape index (κ2) is 5.46. The number of primary amides is 1. The number of nitrogens with zero attached hydrogens (tertiary/aromatic N) is 2. The molecule has 5 nitrogen and oxygen atoms in total. The molecule has 2 heterocycles. The molecule has 1 saturated heterocycles. The molecule has 0 bridgehead atoms. The third kappa shape index (κ3) is 2.68. The van der Waals surface area contributed by atoms with E-state index in [1.54, 1.807) is 13.3 Å². The SMILES string of the molecule is CO[C@H]1C[C@@H](C(N)=O)N(Cc2cccnc2C)C1. The standard InChI is InChI=1S/C13H19N3O2/c1-9-10(4-3-5-15-9)7-16-8-11(18-2)6-12(16)13(14)17/h3-5,11-12H,6-8H2,1-2H3,(H2,14,17)/t11-,12-/m0/s1. The van der Waals surface area contributed by atoms with Gasteiger partial charge in [-0.3, -0.25) is 14.7 Å². The number of carbonyl (C=O) groups is 1. The van der Waals surface area contributed by atoms with Crippen molar-refractivity contribution in [1.82, 2.24) is 9.88 Å². The van der Waals surface area contributed by atoms with Crippen LogP contribution in [0.2, 0.25) is 0 Å². The van der Waals surface area contributed by atoms with Crippen LogP contribution in [-0.4, -0.2) is 41.6 Å². The summed E-state index contributed by atoms with van der Waals surface area (Å²) in [4.78, 5) is 17.8. The highest BCUT2D eigenvalue weighted by molar-refractivity contribution is 5.80. The van der Waals surface area contributed by atoms with E-state index in [1.807, 2.05) is 19.1 Å². The topological polar surface area (TPSA) is 68.5 Å². The highest BCUT2D eigenvalue weighted by atomic mass is 16.5. The fourth-order valence-corrected chi connectivity index (χ4v) is 2.41. The summed E-state index contributed by atoms with van der Waals surface area (Å²) in [6.45, 7) is 3.39. The molecule has 0 saturated carbocycles.